The first-order valence-corrected chi connectivity index (χ1v) is 6.15. The highest BCUT2D eigenvalue weighted by atomic mass is 16.1. The van der Waals surface area contributed by atoms with E-state index in [1.807, 2.05) is 13.8 Å². The number of rotatable bonds is 7. The van der Waals surface area contributed by atoms with Crippen molar-refractivity contribution in [2.24, 2.45) is 11.8 Å². The van der Waals surface area contributed by atoms with Crippen molar-refractivity contribution in [2.45, 2.75) is 60.3 Å². The van der Waals surface area contributed by atoms with E-state index in [1.54, 1.807) is 0 Å². The van der Waals surface area contributed by atoms with Gasteiger partial charge in [-0.1, -0.05) is 39.3 Å². The molecule has 0 bridgehead atoms. The Morgan fingerprint density at radius 1 is 1.27 bits per heavy atom. The molecule has 0 rings (SSSR count). The van der Waals surface area contributed by atoms with Crippen molar-refractivity contribution >= 4 is 5.78 Å². The van der Waals surface area contributed by atoms with E-state index in [2.05, 4.69) is 26.8 Å². The summed E-state index contributed by atoms with van der Waals surface area (Å²) >= 11 is 0. The summed E-state index contributed by atoms with van der Waals surface area (Å²) in [6.07, 6.45) is 6.24. The Balaban J connectivity index is 3.88. The normalized spacial score (nSPS) is 14.4. The van der Waals surface area contributed by atoms with Gasteiger partial charge >= 0.3 is 0 Å². The number of hydrogen-bond donors (Lipinski definition) is 0. The van der Waals surface area contributed by atoms with Crippen molar-refractivity contribution in [2.75, 3.05) is 0 Å². The predicted octanol–water partition coefficient (Wildman–Crippen LogP) is 4.37. The molecule has 88 valence electrons. The number of carbonyl (C=O) groups is 1. The van der Waals surface area contributed by atoms with Crippen molar-refractivity contribution in [3.8, 4) is 0 Å². The number of allylic oxidation sites excluding steroid dienone is 2. The fourth-order valence-corrected chi connectivity index (χ4v) is 1.48. The van der Waals surface area contributed by atoms with Crippen LogP contribution in [0.1, 0.15) is 60.3 Å². The maximum absolute atomic E-state index is 11.4. The van der Waals surface area contributed by atoms with Crippen LogP contribution in [-0.2, 0) is 4.79 Å². The average molecular weight is 210 g/mol. The summed E-state index contributed by atoms with van der Waals surface area (Å²) in [5.74, 6) is 1.34. The van der Waals surface area contributed by atoms with Gasteiger partial charge in [0.2, 0.25) is 0 Å². The fraction of sp³-hybridized carbons (Fsp3) is 0.786. The molecule has 0 aromatic rings. The van der Waals surface area contributed by atoms with Crippen LogP contribution in [0.5, 0.6) is 0 Å². The predicted molar refractivity (Wildman–Crippen MR) is 66.9 cm³/mol. The number of hydrogen-bond acceptors (Lipinski definition) is 1. The van der Waals surface area contributed by atoms with Crippen LogP contribution in [0.15, 0.2) is 11.6 Å². The minimum absolute atomic E-state index is 0.198. The van der Waals surface area contributed by atoms with E-state index >= 15 is 0 Å². The van der Waals surface area contributed by atoms with Gasteiger partial charge in [0.25, 0.3) is 0 Å². The Kier molecular flexibility index (Phi) is 7.37. The summed E-state index contributed by atoms with van der Waals surface area (Å²) < 4.78 is 0. The second-order valence-electron chi connectivity index (χ2n) is 4.94. The second kappa shape index (κ2) is 7.67. The van der Waals surface area contributed by atoms with Crippen LogP contribution in [0.25, 0.3) is 0 Å². The van der Waals surface area contributed by atoms with Gasteiger partial charge in [0.05, 0.1) is 0 Å². The van der Waals surface area contributed by atoms with E-state index in [0.29, 0.717) is 12.2 Å². The van der Waals surface area contributed by atoms with Gasteiger partial charge in [0.1, 0.15) is 5.78 Å². The molecule has 0 heterocycles. The first-order valence-electron chi connectivity index (χ1n) is 6.15. The minimum Gasteiger partial charge on any atom is -0.299 e. The highest BCUT2D eigenvalue weighted by molar-refractivity contribution is 5.80. The minimum atomic E-state index is 0.198. The van der Waals surface area contributed by atoms with Gasteiger partial charge in [-0.25, -0.2) is 0 Å². The van der Waals surface area contributed by atoms with Gasteiger partial charge in [-0.15, -0.1) is 0 Å². The molecule has 15 heavy (non-hydrogen) atoms. The third kappa shape index (κ3) is 7.35. The van der Waals surface area contributed by atoms with Gasteiger partial charge in [-0.2, -0.15) is 0 Å². The summed E-state index contributed by atoms with van der Waals surface area (Å²) in [4.78, 5) is 11.4. The molecule has 0 aliphatic heterocycles. The number of ketones is 1. The van der Waals surface area contributed by atoms with E-state index in [1.165, 1.54) is 18.4 Å². The largest absolute Gasteiger partial charge is 0.299 e. The first kappa shape index (κ1) is 14.4. The second-order valence-corrected chi connectivity index (χ2v) is 4.94. The van der Waals surface area contributed by atoms with Gasteiger partial charge in [0, 0.05) is 12.3 Å². The van der Waals surface area contributed by atoms with Crippen LogP contribution >= 0.6 is 0 Å². The Hall–Kier alpha value is -0.590. The summed E-state index contributed by atoms with van der Waals surface area (Å²) in [5.41, 5.74) is 1.43. The Morgan fingerprint density at radius 2 is 1.87 bits per heavy atom. The van der Waals surface area contributed by atoms with Crippen molar-refractivity contribution in [1.82, 2.24) is 0 Å². The Bertz CT molecular complexity index is 213. The molecule has 1 unspecified atom stereocenters. The van der Waals surface area contributed by atoms with Crippen molar-refractivity contribution in [3.05, 3.63) is 11.6 Å². The molecule has 1 heteroatoms. The third-order valence-electron chi connectivity index (χ3n) is 2.83. The molecule has 0 amide bonds. The Labute approximate surface area is 95.0 Å². The Morgan fingerprint density at radius 3 is 2.33 bits per heavy atom. The molecule has 0 N–H and O–H groups in total. The highest BCUT2D eigenvalue weighted by Gasteiger charge is 2.08. The van der Waals surface area contributed by atoms with Gasteiger partial charge in [-0.05, 0) is 32.1 Å². The SMILES string of the molecule is CCC(=O)C(C)CC=C(C)CCC(C)C. The number of Topliss-reactive ketones (excluding diaryl/α,β-unsaturated/α-hetero) is 1. The molecule has 0 aliphatic carbocycles. The molecule has 0 radical (unpaired) electrons. The lowest BCUT2D eigenvalue weighted by Crippen LogP contribution is -2.08. The molecule has 1 atom stereocenters. The van der Waals surface area contributed by atoms with E-state index in [4.69, 9.17) is 0 Å². The topological polar surface area (TPSA) is 17.1 Å². The molecule has 0 saturated heterocycles. The molecule has 1 nitrogen and oxygen atoms in total. The van der Waals surface area contributed by atoms with Crippen molar-refractivity contribution < 1.29 is 4.79 Å². The van der Waals surface area contributed by atoms with Gasteiger partial charge < -0.3 is 0 Å². The van der Waals surface area contributed by atoms with Crippen LogP contribution in [0.4, 0.5) is 0 Å². The smallest absolute Gasteiger partial charge is 0.135 e. The van der Waals surface area contributed by atoms with E-state index < -0.39 is 0 Å². The standard InChI is InChI=1S/C14H26O/c1-6-14(15)13(5)10-9-12(4)8-7-11(2)3/h9,11,13H,6-8,10H2,1-5H3. The van der Waals surface area contributed by atoms with E-state index in [9.17, 15) is 4.79 Å². The maximum Gasteiger partial charge on any atom is 0.135 e. The van der Waals surface area contributed by atoms with Gasteiger partial charge in [-0.3, -0.25) is 4.79 Å². The molecule has 0 aromatic heterocycles. The van der Waals surface area contributed by atoms with Crippen LogP contribution < -0.4 is 0 Å². The van der Waals surface area contributed by atoms with Crippen LogP contribution in [0.3, 0.4) is 0 Å². The quantitative estimate of drug-likeness (QED) is 0.570. The molecular formula is C14H26O. The first-order chi connectivity index (χ1) is 6.97. The molecule has 0 aliphatic rings. The lowest BCUT2D eigenvalue weighted by Gasteiger charge is -2.08. The monoisotopic (exact) mass is 210 g/mol. The van der Waals surface area contributed by atoms with E-state index in [0.717, 1.165) is 12.3 Å². The summed E-state index contributed by atoms with van der Waals surface area (Å²) in [7, 11) is 0. The fourth-order valence-electron chi connectivity index (χ4n) is 1.48. The lowest BCUT2D eigenvalue weighted by atomic mass is 9.97. The summed E-state index contributed by atoms with van der Waals surface area (Å²) in [6, 6.07) is 0. The average Bonchev–Trinajstić information content (AvgIpc) is 2.21. The maximum atomic E-state index is 11.4. The van der Waals surface area contributed by atoms with Crippen molar-refractivity contribution in [1.29, 1.82) is 0 Å². The van der Waals surface area contributed by atoms with Gasteiger partial charge in [0.15, 0.2) is 0 Å². The zero-order chi connectivity index (χ0) is 11.8. The molecule has 0 spiro atoms. The van der Waals surface area contributed by atoms with Crippen LogP contribution in [0.2, 0.25) is 0 Å². The molecule has 0 aromatic carbocycles. The number of carbonyl (C=O) groups excluding carboxylic acids is 1. The van der Waals surface area contributed by atoms with Crippen molar-refractivity contribution in [3.63, 3.8) is 0 Å². The van der Waals surface area contributed by atoms with E-state index in [-0.39, 0.29) is 5.92 Å². The summed E-state index contributed by atoms with van der Waals surface area (Å²) in [6.45, 7) is 10.6. The zero-order valence-electron chi connectivity index (χ0n) is 11.0. The highest BCUT2D eigenvalue weighted by Crippen LogP contribution is 2.14. The molecule has 0 saturated carbocycles. The summed E-state index contributed by atoms with van der Waals surface area (Å²) in [5, 5.41) is 0. The molecule has 0 fully saturated rings. The van der Waals surface area contributed by atoms with Crippen LogP contribution in [0, 0.1) is 11.8 Å². The lowest BCUT2D eigenvalue weighted by molar-refractivity contribution is -0.121. The zero-order valence-corrected chi connectivity index (χ0v) is 11.0. The molecular weight excluding hydrogens is 184 g/mol. The third-order valence-corrected chi connectivity index (χ3v) is 2.83. The van der Waals surface area contributed by atoms with Crippen LogP contribution in [-0.4, -0.2) is 5.78 Å².